The van der Waals surface area contributed by atoms with E-state index < -0.39 is 0 Å². The standard InChI is InChI=1S/C14H29N3O/c1-14(2,17-8-6-16(3)7-9-17)12-15-11-13-5-4-10-18-13/h13,15H,4-12H2,1-3H3. The molecular weight excluding hydrogens is 226 g/mol. The molecule has 18 heavy (non-hydrogen) atoms. The zero-order valence-electron chi connectivity index (χ0n) is 12.2. The number of rotatable bonds is 5. The molecule has 4 nitrogen and oxygen atoms in total. The molecule has 0 amide bonds. The van der Waals surface area contributed by atoms with Gasteiger partial charge in [-0.1, -0.05) is 0 Å². The van der Waals surface area contributed by atoms with E-state index in [-0.39, 0.29) is 5.54 Å². The van der Waals surface area contributed by atoms with Crippen molar-refractivity contribution in [3.8, 4) is 0 Å². The summed E-state index contributed by atoms with van der Waals surface area (Å²) in [5.41, 5.74) is 0.250. The van der Waals surface area contributed by atoms with E-state index in [1.54, 1.807) is 0 Å². The Morgan fingerprint density at radius 1 is 1.22 bits per heavy atom. The molecule has 0 radical (unpaired) electrons. The largest absolute Gasteiger partial charge is 0.377 e. The van der Waals surface area contributed by atoms with Gasteiger partial charge in [-0.25, -0.2) is 0 Å². The highest BCUT2D eigenvalue weighted by Crippen LogP contribution is 2.16. The predicted octanol–water partition coefficient (Wildman–Crippen LogP) is 0.781. The van der Waals surface area contributed by atoms with Gasteiger partial charge in [0.25, 0.3) is 0 Å². The zero-order valence-corrected chi connectivity index (χ0v) is 12.2. The third-order valence-electron chi connectivity index (χ3n) is 4.31. The number of likely N-dealkylation sites (N-methyl/N-ethyl adjacent to an activating group) is 1. The minimum Gasteiger partial charge on any atom is -0.377 e. The Morgan fingerprint density at radius 2 is 1.94 bits per heavy atom. The van der Waals surface area contributed by atoms with Gasteiger partial charge in [-0.05, 0) is 33.7 Å². The summed E-state index contributed by atoms with van der Waals surface area (Å²) in [5, 5.41) is 3.60. The maximum absolute atomic E-state index is 5.64. The fourth-order valence-electron chi connectivity index (χ4n) is 2.87. The summed E-state index contributed by atoms with van der Waals surface area (Å²) in [5.74, 6) is 0. The molecule has 1 N–H and O–H groups in total. The van der Waals surface area contributed by atoms with Gasteiger partial charge >= 0.3 is 0 Å². The van der Waals surface area contributed by atoms with Crippen LogP contribution in [0.25, 0.3) is 0 Å². The van der Waals surface area contributed by atoms with E-state index in [0.29, 0.717) is 6.10 Å². The fourth-order valence-corrected chi connectivity index (χ4v) is 2.87. The Labute approximate surface area is 112 Å². The predicted molar refractivity (Wildman–Crippen MR) is 75.0 cm³/mol. The average Bonchev–Trinajstić information content (AvgIpc) is 2.82. The molecule has 1 unspecified atom stereocenters. The molecule has 0 bridgehead atoms. The number of nitrogens with zero attached hydrogens (tertiary/aromatic N) is 2. The van der Waals surface area contributed by atoms with Crippen LogP contribution in [0.3, 0.4) is 0 Å². The van der Waals surface area contributed by atoms with Crippen LogP contribution in [0.2, 0.25) is 0 Å². The second-order valence-corrected chi connectivity index (χ2v) is 6.37. The van der Waals surface area contributed by atoms with Gasteiger partial charge in [0.1, 0.15) is 0 Å². The van der Waals surface area contributed by atoms with Crippen LogP contribution < -0.4 is 5.32 Å². The van der Waals surface area contributed by atoms with Crippen molar-refractivity contribution in [2.24, 2.45) is 0 Å². The summed E-state index contributed by atoms with van der Waals surface area (Å²) >= 11 is 0. The highest BCUT2D eigenvalue weighted by molar-refractivity contribution is 4.87. The van der Waals surface area contributed by atoms with Crippen molar-refractivity contribution in [2.75, 3.05) is 52.9 Å². The average molecular weight is 255 g/mol. The van der Waals surface area contributed by atoms with Gasteiger partial charge in [0.15, 0.2) is 0 Å². The number of nitrogens with one attached hydrogen (secondary N) is 1. The molecule has 2 saturated heterocycles. The number of hydrogen-bond donors (Lipinski definition) is 1. The topological polar surface area (TPSA) is 27.7 Å². The second-order valence-electron chi connectivity index (χ2n) is 6.37. The first kappa shape index (κ1) is 14.3. The molecule has 0 spiro atoms. The number of hydrogen-bond acceptors (Lipinski definition) is 4. The van der Waals surface area contributed by atoms with Crippen LogP contribution in [-0.2, 0) is 4.74 Å². The van der Waals surface area contributed by atoms with Crippen LogP contribution in [-0.4, -0.2) is 74.4 Å². The molecule has 2 aliphatic heterocycles. The Hall–Kier alpha value is -0.160. The lowest BCUT2D eigenvalue weighted by Gasteiger charge is -2.43. The van der Waals surface area contributed by atoms with Crippen molar-refractivity contribution < 1.29 is 4.74 Å². The van der Waals surface area contributed by atoms with E-state index in [1.165, 1.54) is 39.0 Å². The Bertz CT molecular complexity index is 243. The minimum absolute atomic E-state index is 0.250. The summed E-state index contributed by atoms with van der Waals surface area (Å²) in [6.45, 7) is 12.5. The van der Waals surface area contributed by atoms with Crippen molar-refractivity contribution in [3.63, 3.8) is 0 Å². The summed E-state index contributed by atoms with van der Waals surface area (Å²) in [4.78, 5) is 5.02. The van der Waals surface area contributed by atoms with Crippen LogP contribution in [0.15, 0.2) is 0 Å². The van der Waals surface area contributed by atoms with Crippen LogP contribution in [0, 0.1) is 0 Å². The molecule has 0 aliphatic carbocycles. The van der Waals surface area contributed by atoms with Gasteiger partial charge in [0.2, 0.25) is 0 Å². The van der Waals surface area contributed by atoms with E-state index in [0.717, 1.165) is 19.7 Å². The smallest absolute Gasteiger partial charge is 0.0700 e. The first-order valence-corrected chi connectivity index (χ1v) is 7.34. The molecule has 0 saturated carbocycles. The summed E-state index contributed by atoms with van der Waals surface area (Å²) in [6.07, 6.45) is 2.91. The number of piperazine rings is 1. The maximum Gasteiger partial charge on any atom is 0.0700 e. The Balaban J connectivity index is 1.69. The number of ether oxygens (including phenoxy) is 1. The van der Waals surface area contributed by atoms with Gasteiger partial charge in [0, 0.05) is 51.4 Å². The third-order valence-corrected chi connectivity index (χ3v) is 4.31. The molecule has 0 aromatic rings. The van der Waals surface area contributed by atoms with Gasteiger partial charge in [-0.15, -0.1) is 0 Å². The van der Waals surface area contributed by atoms with Crippen molar-refractivity contribution >= 4 is 0 Å². The van der Waals surface area contributed by atoms with E-state index in [4.69, 9.17) is 4.74 Å². The lowest BCUT2D eigenvalue weighted by Crippen LogP contribution is -2.57. The molecule has 0 aromatic carbocycles. The van der Waals surface area contributed by atoms with Gasteiger partial charge in [0.05, 0.1) is 6.10 Å². The highest BCUT2D eigenvalue weighted by atomic mass is 16.5. The van der Waals surface area contributed by atoms with Crippen LogP contribution in [0.4, 0.5) is 0 Å². The lowest BCUT2D eigenvalue weighted by atomic mass is 10.0. The van der Waals surface area contributed by atoms with Crippen molar-refractivity contribution in [2.45, 2.75) is 38.3 Å². The molecule has 2 rings (SSSR count). The fraction of sp³-hybridized carbons (Fsp3) is 1.00. The van der Waals surface area contributed by atoms with Gasteiger partial charge < -0.3 is 15.0 Å². The first-order chi connectivity index (χ1) is 8.58. The van der Waals surface area contributed by atoms with Gasteiger partial charge in [-0.3, -0.25) is 4.90 Å². The zero-order chi connectivity index (χ0) is 13.0. The molecule has 2 fully saturated rings. The second kappa shape index (κ2) is 6.33. The monoisotopic (exact) mass is 255 g/mol. The van der Waals surface area contributed by atoms with E-state index in [9.17, 15) is 0 Å². The first-order valence-electron chi connectivity index (χ1n) is 7.34. The minimum atomic E-state index is 0.250. The molecule has 2 heterocycles. The Kier molecular flexibility index (Phi) is 5.01. The quantitative estimate of drug-likeness (QED) is 0.786. The van der Waals surface area contributed by atoms with Gasteiger partial charge in [-0.2, -0.15) is 0 Å². The van der Waals surface area contributed by atoms with Crippen LogP contribution in [0.5, 0.6) is 0 Å². The summed E-state index contributed by atoms with van der Waals surface area (Å²) in [7, 11) is 2.21. The molecule has 4 heteroatoms. The maximum atomic E-state index is 5.64. The van der Waals surface area contributed by atoms with Crippen LogP contribution >= 0.6 is 0 Å². The lowest BCUT2D eigenvalue weighted by molar-refractivity contribution is 0.0567. The van der Waals surface area contributed by atoms with Crippen molar-refractivity contribution in [3.05, 3.63) is 0 Å². The molecular formula is C14H29N3O. The SMILES string of the molecule is CN1CCN(C(C)(C)CNCC2CCCO2)CC1. The van der Waals surface area contributed by atoms with E-state index in [1.807, 2.05) is 0 Å². The molecule has 1 atom stereocenters. The summed E-state index contributed by atoms with van der Waals surface area (Å²) < 4.78 is 5.64. The summed E-state index contributed by atoms with van der Waals surface area (Å²) in [6, 6.07) is 0. The van der Waals surface area contributed by atoms with E-state index >= 15 is 0 Å². The van der Waals surface area contributed by atoms with E-state index in [2.05, 4.69) is 36.0 Å². The normalized spacial score (nSPS) is 27.8. The third kappa shape index (κ3) is 3.92. The highest BCUT2D eigenvalue weighted by Gasteiger charge is 2.29. The molecule has 0 aromatic heterocycles. The van der Waals surface area contributed by atoms with Crippen molar-refractivity contribution in [1.29, 1.82) is 0 Å². The van der Waals surface area contributed by atoms with Crippen molar-refractivity contribution in [1.82, 2.24) is 15.1 Å². The van der Waals surface area contributed by atoms with Crippen LogP contribution in [0.1, 0.15) is 26.7 Å². The molecule has 2 aliphatic rings. The Morgan fingerprint density at radius 3 is 2.56 bits per heavy atom. The molecule has 106 valence electrons.